The Labute approximate surface area is 124 Å². The molecule has 1 saturated heterocycles. The molecule has 1 aliphatic heterocycles. The average molecular weight is 300 g/mol. The largest absolute Gasteiger partial charge is 0.382 e. The number of methoxy groups -OCH3 is 1. The Balaban J connectivity index is 2.15. The lowest BCUT2D eigenvalue weighted by Crippen LogP contribution is -2.37. The summed E-state index contributed by atoms with van der Waals surface area (Å²) in [6.07, 6.45) is 3.60. The summed E-state index contributed by atoms with van der Waals surface area (Å²) in [7, 11) is 1.67. The number of aromatic nitrogens is 3. The third-order valence-corrected chi connectivity index (χ3v) is 3.36. The van der Waals surface area contributed by atoms with E-state index in [0.717, 1.165) is 13.1 Å². The van der Waals surface area contributed by atoms with Gasteiger partial charge >= 0.3 is 0 Å². The second-order valence-electron chi connectivity index (χ2n) is 5.72. The van der Waals surface area contributed by atoms with E-state index in [1.807, 2.05) is 13.8 Å². The van der Waals surface area contributed by atoms with Crippen molar-refractivity contribution in [3.63, 3.8) is 0 Å². The Morgan fingerprint density at radius 2 is 1.90 bits per heavy atom. The van der Waals surface area contributed by atoms with Gasteiger partial charge in [0.25, 0.3) is 0 Å². The first-order chi connectivity index (χ1) is 9.50. The molecular weight excluding hydrogens is 278 g/mol. The molecule has 0 aliphatic carbocycles. The van der Waals surface area contributed by atoms with Crippen LogP contribution in [0.1, 0.15) is 33.1 Å². The van der Waals surface area contributed by atoms with Crippen LogP contribution in [0, 0.1) is 0 Å². The summed E-state index contributed by atoms with van der Waals surface area (Å²) in [4.78, 5) is 15.0. The first-order valence-corrected chi connectivity index (χ1v) is 7.32. The smallest absolute Gasteiger partial charge is 0.231 e. The molecule has 1 aromatic rings. The minimum absolute atomic E-state index is 0.219. The van der Waals surface area contributed by atoms with Crippen molar-refractivity contribution < 1.29 is 4.74 Å². The molecule has 0 aromatic carbocycles. The minimum Gasteiger partial charge on any atom is -0.382 e. The number of rotatable bonds is 5. The molecular formula is C13H22ClN5O. The fourth-order valence-corrected chi connectivity index (χ4v) is 2.49. The Bertz CT molecular complexity index is 448. The lowest BCUT2D eigenvalue weighted by molar-refractivity contribution is 0.158. The zero-order valence-corrected chi connectivity index (χ0v) is 13.1. The van der Waals surface area contributed by atoms with Crippen molar-refractivity contribution in [2.45, 2.75) is 38.6 Å². The van der Waals surface area contributed by atoms with Gasteiger partial charge in [0.15, 0.2) is 0 Å². The monoisotopic (exact) mass is 299 g/mol. The van der Waals surface area contributed by atoms with Crippen molar-refractivity contribution in [1.29, 1.82) is 0 Å². The molecule has 0 atom stereocenters. The van der Waals surface area contributed by atoms with Gasteiger partial charge in [-0.1, -0.05) is 0 Å². The molecule has 112 valence electrons. The summed E-state index contributed by atoms with van der Waals surface area (Å²) >= 11 is 6.02. The van der Waals surface area contributed by atoms with Crippen molar-refractivity contribution in [2.75, 3.05) is 37.0 Å². The van der Waals surface area contributed by atoms with E-state index in [4.69, 9.17) is 16.3 Å². The van der Waals surface area contributed by atoms with Crippen LogP contribution in [0.3, 0.4) is 0 Å². The topological polar surface area (TPSA) is 63.2 Å². The lowest BCUT2D eigenvalue weighted by atomic mass is 10.1. The number of halogens is 1. The number of ether oxygens (including phenoxy) is 1. The Kier molecular flexibility index (Phi) is 4.99. The average Bonchev–Trinajstić information content (AvgIpc) is 2.38. The highest BCUT2D eigenvalue weighted by molar-refractivity contribution is 6.28. The molecule has 1 fully saturated rings. The molecule has 0 radical (unpaired) electrons. The maximum Gasteiger partial charge on any atom is 0.231 e. The molecule has 20 heavy (non-hydrogen) atoms. The van der Waals surface area contributed by atoms with Crippen LogP contribution in [-0.2, 0) is 4.74 Å². The fraction of sp³-hybridized carbons (Fsp3) is 0.769. The van der Waals surface area contributed by atoms with Crippen molar-refractivity contribution >= 4 is 23.5 Å². The third-order valence-electron chi connectivity index (χ3n) is 3.19. The van der Waals surface area contributed by atoms with E-state index in [2.05, 4.69) is 25.2 Å². The van der Waals surface area contributed by atoms with Crippen LogP contribution in [0.4, 0.5) is 11.9 Å². The minimum atomic E-state index is -0.265. The number of nitrogens with one attached hydrogen (secondary N) is 1. The molecule has 0 saturated carbocycles. The number of hydrogen-bond acceptors (Lipinski definition) is 6. The molecule has 1 aromatic heterocycles. The van der Waals surface area contributed by atoms with Crippen molar-refractivity contribution in [3.05, 3.63) is 5.28 Å². The van der Waals surface area contributed by atoms with Gasteiger partial charge in [-0.15, -0.1) is 0 Å². The van der Waals surface area contributed by atoms with Gasteiger partial charge in [-0.25, -0.2) is 0 Å². The summed E-state index contributed by atoms with van der Waals surface area (Å²) in [6, 6.07) is 0. The number of anilines is 2. The van der Waals surface area contributed by atoms with Crippen molar-refractivity contribution in [3.8, 4) is 0 Å². The molecule has 1 N–H and O–H groups in total. The second-order valence-corrected chi connectivity index (χ2v) is 6.06. The third kappa shape index (κ3) is 4.18. The van der Waals surface area contributed by atoms with E-state index in [9.17, 15) is 0 Å². The van der Waals surface area contributed by atoms with E-state index in [-0.39, 0.29) is 10.8 Å². The number of nitrogens with zero attached hydrogens (tertiary/aromatic N) is 4. The molecule has 2 rings (SSSR count). The van der Waals surface area contributed by atoms with Crippen LogP contribution >= 0.6 is 11.6 Å². The zero-order valence-electron chi connectivity index (χ0n) is 12.3. The summed E-state index contributed by atoms with van der Waals surface area (Å²) in [6.45, 7) is 6.54. The first-order valence-electron chi connectivity index (χ1n) is 6.94. The van der Waals surface area contributed by atoms with E-state index in [1.54, 1.807) is 7.11 Å². The molecule has 6 nitrogen and oxygen atoms in total. The zero-order chi connectivity index (χ0) is 14.6. The van der Waals surface area contributed by atoms with E-state index >= 15 is 0 Å². The van der Waals surface area contributed by atoms with Crippen molar-refractivity contribution in [1.82, 2.24) is 15.0 Å². The van der Waals surface area contributed by atoms with E-state index in [1.165, 1.54) is 19.3 Å². The predicted octanol–water partition coefficient (Wildman–Crippen LogP) is 2.35. The maximum atomic E-state index is 6.02. The standard InChI is InChI=1S/C13H22ClN5O/c1-13(2,9-20-3)18-11-15-10(14)16-12(17-11)19-7-5-4-6-8-19/h4-9H2,1-3H3,(H,15,16,17,18). The summed E-state index contributed by atoms with van der Waals surface area (Å²) in [5.41, 5.74) is -0.265. The Morgan fingerprint density at radius 1 is 1.20 bits per heavy atom. The Morgan fingerprint density at radius 3 is 2.55 bits per heavy atom. The SMILES string of the molecule is COCC(C)(C)Nc1nc(Cl)nc(N2CCCCC2)n1. The van der Waals surface area contributed by atoms with Crippen molar-refractivity contribution in [2.24, 2.45) is 0 Å². The van der Waals surface area contributed by atoms with Gasteiger partial charge in [-0.2, -0.15) is 15.0 Å². The molecule has 0 amide bonds. The first kappa shape index (κ1) is 15.3. The van der Waals surface area contributed by atoms with Gasteiger partial charge in [-0.3, -0.25) is 0 Å². The number of hydrogen-bond donors (Lipinski definition) is 1. The van der Waals surface area contributed by atoms with Crippen LogP contribution in [0.25, 0.3) is 0 Å². The second kappa shape index (κ2) is 6.54. The van der Waals surface area contributed by atoms with Crippen LogP contribution in [-0.4, -0.2) is 47.3 Å². The summed E-state index contributed by atoms with van der Waals surface area (Å²) < 4.78 is 5.18. The van der Waals surface area contributed by atoms with Gasteiger partial charge in [0.1, 0.15) is 0 Å². The maximum absolute atomic E-state index is 6.02. The Hall–Kier alpha value is -1.14. The molecule has 0 unspecified atom stereocenters. The molecule has 0 spiro atoms. The highest BCUT2D eigenvalue weighted by Gasteiger charge is 2.21. The predicted molar refractivity (Wildman–Crippen MR) is 80.5 cm³/mol. The molecule has 2 heterocycles. The van der Waals surface area contributed by atoms with E-state index in [0.29, 0.717) is 18.5 Å². The van der Waals surface area contributed by atoms with Gasteiger partial charge in [0, 0.05) is 20.2 Å². The molecule has 0 bridgehead atoms. The molecule has 7 heteroatoms. The van der Waals surface area contributed by atoms with E-state index < -0.39 is 0 Å². The highest BCUT2D eigenvalue weighted by atomic mass is 35.5. The van der Waals surface area contributed by atoms with Gasteiger partial charge in [-0.05, 0) is 44.7 Å². The molecule has 1 aliphatic rings. The van der Waals surface area contributed by atoms with Gasteiger partial charge < -0.3 is 15.0 Å². The fourth-order valence-electron chi connectivity index (χ4n) is 2.33. The van der Waals surface area contributed by atoms with Crippen LogP contribution in [0.5, 0.6) is 0 Å². The van der Waals surface area contributed by atoms with Crippen LogP contribution in [0.15, 0.2) is 0 Å². The van der Waals surface area contributed by atoms with Gasteiger partial charge in [0.2, 0.25) is 17.2 Å². The quantitative estimate of drug-likeness (QED) is 0.900. The number of piperidine rings is 1. The summed E-state index contributed by atoms with van der Waals surface area (Å²) in [5.74, 6) is 1.15. The van der Waals surface area contributed by atoms with Crippen LogP contribution in [0.2, 0.25) is 5.28 Å². The normalized spacial score (nSPS) is 16.3. The van der Waals surface area contributed by atoms with Crippen LogP contribution < -0.4 is 10.2 Å². The van der Waals surface area contributed by atoms with Gasteiger partial charge in [0.05, 0.1) is 12.1 Å². The summed E-state index contributed by atoms with van der Waals surface area (Å²) in [5, 5.41) is 3.46. The lowest BCUT2D eigenvalue weighted by Gasteiger charge is -2.28. The highest BCUT2D eigenvalue weighted by Crippen LogP contribution is 2.20.